The molecule has 1 unspecified atom stereocenters. The Balaban J connectivity index is 3.80. The summed E-state index contributed by atoms with van der Waals surface area (Å²) in [6, 6.07) is 7.28. The third-order valence-electron chi connectivity index (χ3n) is 4.50. The lowest BCUT2D eigenvalue weighted by atomic mass is 9.84. The Morgan fingerprint density at radius 2 is 1.38 bits per heavy atom. The zero-order valence-electron chi connectivity index (χ0n) is 16.2. The number of nitrogens with zero attached hydrogens (tertiary/aromatic N) is 2. The first kappa shape index (κ1) is 21.3. The predicted molar refractivity (Wildman–Crippen MR) is 95.8 cm³/mol. The predicted octanol–water partition coefficient (Wildman–Crippen LogP) is 3.16. The second-order valence-electron chi connectivity index (χ2n) is 5.57. The molecule has 1 atom stereocenters. The van der Waals surface area contributed by atoms with Crippen molar-refractivity contribution in [1.29, 1.82) is 10.5 Å². The Morgan fingerprint density at radius 1 is 0.923 bits per heavy atom. The van der Waals surface area contributed by atoms with Crippen molar-refractivity contribution in [3.8, 4) is 29.4 Å². The Labute approximate surface area is 154 Å². The number of benzene rings is 1. The fraction of sp³-hybridized carbons (Fsp3) is 0.474. The molecule has 0 heterocycles. The van der Waals surface area contributed by atoms with Crippen molar-refractivity contribution < 1.29 is 23.7 Å². The number of rotatable bonds is 8. The average molecular weight is 360 g/mol. The molecule has 0 amide bonds. The molecule has 0 aliphatic heterocycles. The summed E-state index contributed by atoms with van der Waals surface area (Å²) in [5, 5.41) is 18.9. The van der Waals surface area contributed by atoms with Crippen LogP contribution in [-0.4, -0.2) is 41.3 Å². The lowest BCUT2D eigenvalue weighted by Crippen LogP contribution is -2.38. The van der Waals surface area contributed by atoms with E-state index in [9.17, 15) is 10.5 Å². The van der Waals surface area contributed by atoms with E-state index in [1.54, 1.807) is 19.1 Å². The molecule has 1 rings (SSSR count). The van der Waals surface area contributed by atoms with Crippen LogP contribution in [0.2, 0.25) is 0 Å². The second kappa shape index (κ2) is 9.10. The molecule has 26 heavy (non-hydrogen) atoms. The van der Waals surface area contributed by atoms with Gasteiger partial charge < -0.3 is 23.7 Å². The van der Waals surface area contributed by atoms with Crippen LogP contribution in [0, 0.1) is 28.6 Å². The van der Waals surface area contributed by atoms with Crippen LogP contribution in [0.25, 0.3) is 5.57 Å². The summed E-state index contributed by atoms with van der Waals surface area (Å²) in [6.07, 6.45) is 0. The smallest absolute Gasteiger partial charge is 0.203 e. The van der Waals surface area contributed by atoms with E-state index in [2.05, 4.69) is 0 Å². The van der Waals surface area contributed by atoms with E-state index in [1.807, 2.05) is 19.1 Å². The molecule has 0 fully saturated rings. The van der Waals surface area contributed by atoms with E-state index in [0.717, 1.165) is 0 Å². The quantitative estimate of drug-likeness (QED) is 0.519. The number of hydrogen-bond donors (Lipinski definition) is 0. The Kier molecular flexibility index (Phi) is 7.45. The maximum atomic E-state index is 9.47. The summed E-state index contributed by atoms with van der Waals surface area (Å²) in [7, 11) is 7.51. The third kappa shape index (κ3) is 3.91. The number of ether oxygens (including phenoxy) is 5. The Morgan fingerprint density at radius 3 is 1.69 bits per heavy atom. The van der Waals surface area contributed by atoms with Crippen molar-refractivity contribution in [3.05, 3.63) is 23.3 Å². The van der Waals surface area contributed by atoms with Gasteiger partial charge in [-0.05, 0) is 30.2 Å². The average Bonchev–Trinajstić information content (AvgIpc) is 2.69. The van der Waals surface area contributed by atoms with Crippen molar-refractivity contribution >= 4 is 5.57 Å². The molecule has 0 bridgehead atoms. The van der Waals surface area contributed by atoms with Gasteiger partial charge in [-0.3, -0.25) is 0 Å². The van der Waals surface area contributed by atoms with E-state index >= 15 is 0 Å². The molecule has 0 radical (unpaired) electrons. The van der Waals surface area contributed by atoms with Crippen molar-refractivity contribution in [2.24, 2.45) is 5.92 Å². The molecule has 0 aliphatic carbocycles. The van der Waals surface area contributed by atoms with Gasteiger partial charge >= 0.3 is 0 Å². The molecule has 0 saturated heterocycles. The van der Waals surface area contributed by atoms with E-state index in [0.29, 0.717) is 28.4 Å². The minimum absolute atomic E-state index is 0.0490. The first-order chi connectivity index (χ1) is 12.4. The highest BCUT2D eigenvalue weighted by atomic mass is 16.7. The van der Waals surface area contributed by atoms with Gasteiger partial charge in [-0.15, -0.1) is 0 Å². The fourth-order valence-corrected chi connectivity index (χ4v) is 2.69. The van der Waals surface area contributed by atoms with E-state index in [1.165, 1.54) is 35.5 Å². The lowest BCUT2D eigenvalue weighted by molar-refractivity contribution is -0.211. The summed E-state index contributed by atoms with van der Waals surface area (Å²) < 4.78 is 27.1. The van der Waals surface area contributed by atoms with Crippen molar-refractivity contribution in [2.75, 3.05) is 35.5 Å². The minimum Gasteiger partial charge on any atom is -0.493 e. The largest absolute Gasteiger partial charge is 0.493 e. The van der Waals surface area contributed by atoms with Crippen molar-refractivity contribution in [2.45, 2.75) is 19.6 Å². The summed E-state index contributed by atoms with van der Waals surface area (Å²) in [5.41, 5.74) is 0.984. The zero-order chi connectivity index (χ0) is 19.9. The minimum atomic E-state index is -1.05. The number of methoxy groups -OCH3 is 5. The first-order valence-electron chi connectivity index (χ1n) is 7.82. The monoisotopic (exact) mass is 360 g/mol. The van der Waals surface area contributed by atoms with Gasteiger partial charge in [-0.25, -0.2) is 0 Å². The van der Waals surface area contributed by atoms with Crippen LogP contribution in [-0.2, 0) is 9.47 Å². The third-order valence-corrected chi connectivity index (χ3v) is 4.50. The summed E-state index contributed by atoms with van der Waals surface area (Å²) in [6.45, 7) is 3.56. The molecule has 0 saturated carbocycles. The van der Waals surface area contributed by atoms with Crippen LogP contribution >= 0.6 is 0 Å². The number of nitriles is 2. The van der Waals surface area contributed by atoms with E-state index < -0.39 is 11.7 Å². The Hall–Kier alpha value is -2.74. The molecule has 7 heteroatoms. The van der Waals surface area contributed by atoms with Crippen molar-refractivity contribution in [3.63, 3.8) is 0 Å². The fourth-order valence-electron chi connectivity index (χ4n) is 2.69. The molecule has 0 aliphatic rings. The molecule has 0 aromatic heterocycles. The standard InChI is InChI=1S/C19H24N2O5/c1-12(19(2,25-6)26-7)17(14(10-20)11-21)13-8-15(22-3)18(24-5)16(9-13)23-4/h8-9,12H,1-7H3. The van der Waals surface area contributed by atoms with Crippen LogP contribution in [0.1, 0.15) is 19.4 Å². The first-order valence-corrected chi connectivity index (χ1v) is 7.82. The van der Waals surface area contributed by atoms with Crippen molar-refractivity contribution in [1.82, 2.24) is 0 Å². The van der Waals surface area contributed by atoms with Crippen LogP contribution in [0.15, 0.2) is 17.7 Å². The molecule has 140 valence electrons. The van der Waals surface area contributed by atoms with Gasteiger partial charge in [0.2, 0.25) is 5.75 Å². The SMILES string of the molecule is COc1cc(C(=C(C#N)C#N)C(C)C(C)(OC)OC)cc(OC)c1OC. The van der Waals surface area contributed by atoms with Gasteiger partial charge in [0.25, 0.3) is 0 Å². The normalized spacial score (nSPS) is 11.7. The highest BCUT2D eigenvalue weighted by Gasteiger charge is 2.36. The lowest BCUT2D eigenvalue weighted by Gasteiger charge is -2.34. The topological polar surface area (TPSA) is 93.7 Å². The van der Waals surface area contributed by atoms with Gasteiger partial charge in [0.05, 0.1) is 21.3 Å². The molecular weight excluding hydrogens is 336 g/mol. The summed E-state index contributed by atoms with van der Waals surface area (Å²) in [4.78, 5) is 0. The van der Waals surface area contributed by atoms with Crippen LogP contribution in [0.5, 0.6) is 17.2 Å². The van der Waals surface area contributed by atoms with E-state index in [4.69, 9.17) is 23.7 Å². The highest BCUT2D eigenvalue weighted by molar-refractivity contribution is 5.79. The van der Waals surface area contributed by atoms with Crippen LogP contribution in [0.3, 0.4) is 0 Å². The maximum Gasteiger partial charge on any atom is 0.203 e. The Bertz CT molecular complexity index is 713. The maximum absolute atomic E-state index is 9.47. The van der Waals surface area contributed by atoms with Gasteiger partial charge in [0.15, 0.2) is 17.3 Å². The highest BCUT2D eigenvalue weighted by Crippen LogP contribution is 2.44. The number of allylic oxidation sites excluding steroid dienone is 1. The summed E-state index contributed by atoms with van der Waals surface area (Å²) >= 11 is 0. The number of hydrogen-bond acceptors (Lipinski definition) is 7. The van der Waals surface area contributed by atoms with Crippen LogP contribution < -0.4 is 14.2 Å². The van der Waals surface area contributed by atoms with E-state index in [-0.39, 0.29) is 5.57 Å². The van der Waals surface area contributed by atoms with Crippen LogP contribution in [0.4, 0.5) is 0 Å². The van der Waals surface area contributed by atoms with Gasteiger partial charge in [-0.1, -0.05) is 6.92 Å². The van der Waals surface area contributed by atoms with Gasteiger partial charge in [0.1, 0.15) is 17.7 Å². The zero-order valence-corrected chi connectivity index (χ0v) is 16.2. The molecule has 7 nitrogen and oxygen atoms in total. The molecular formula is C19H24N2O5. The van der Waals surface area contributed by atoms with Gasteiger partial charge in [0, 0.05) is 20.1 Å². The van der Waals surface area contributed by atoms with Gasteiger partial charge in [-0.2, -0.15) is 10.5 Å². The summed E-state index contributed by atoms with van der Waals surface area (Å²) in [5.74, 6) is -0.247. The molecule has 0 N–H and O–H groups in total. The molecule has 1 aromatic carbocycles. The molecule has 1 aromatic rings. The molecule has 0 spiro atoms. The second-order valence-corrected chi connectivity index (χ2v) is 5.57.